The fraction of sp³-hybridized carbons (Fsp3) is 0.111. The van der Waals surface area contributed by atoms with Gasteiger partial charge in [-0.15, -0.1) is 17.0 Å². The molecule has 0 saturated carbocycles. The van der Waals surface area contributed by atoms with Crippen LogP contribution in [0.15, 0.2) is 40.3 Å². The molecular formula is C9H8LiN3S. The molecule has 66 valence electrons. The molecular weight excluding hydrogens is 189 g/mol. The second kappa shape index (κ2) is 5.25. The van der Waals surface area contributed by atoms with Gasteiger partial charge in [-0.1, -0.05) is 23.2 Å². The van der Waals surface area contributed by atoms with Gasteiger partial charge in [-0.3, -0.25) is 4.68 Å². The van der Waals surface area contributed by atoms with Gasteiger partial charge in [0.25, 0.3) is 0 Å². The van der Waals surface area contributed by atoms with Crippen molar-refractivity contribution in [2.45, 2.75) is 9.92 Å². The maximum Gasteiger partial charge on any atom is 1.00 e. The summed E-state index contributed by atoms with van der Waals surface area (Å²) >= 11 is 1.60. The van der Waals surface area contributed by atoms with Crippen molar-refractivity contribution >= 4 is 11.8 Å². The molecule has 0 aliphatic rings. The van der Waals surface area contributed by atoms with Crippen molar-refractivity contribution in [3.8, 4) is 0 Å². The minimum absolute atomic E-state index is 0. The van der Waals surface area contributed by atoms with Crippen LogP contribution in [0, 0.1) is 6.20 Å². The first kappa shape index (κ1) is 11.4. The van der Waals surface area contributed by atoms with Gasteiger partial charge < -0.3 is 11.3 Å². The van der Waals surface area contributed by atoms with Crippen molar-refractivity contribution in [1.29, 1.82) is 0 Å². The monoisotopic (exact) mass is 197 g/mol. The van der Waals surface area contributed by atoms with E-state index >= 15 is 0 Å². The topological polar surface area (TPSA) is 30.7 Å². The number of aromatic nitrogens is 3. The van der Waals surface area contributed by atoms with E-state index in [1.807, 2.05) is 37.4 Å². The zero-order chi connectivity index (χ0) is 9.10. The van der Waals surface area contributed by atoms with Crippen LogP contribution in [0.5, 0.6) is 0 Å². The first-order valence-corrected chi connectivity index (χ1v) is 4.68. The SMILES string of the molecule is Cn1nn[c-]c1Sc1ccccc1.[Li+]. The molecule has 0 radical (unpaired) electrons. The molecule has 0 N–H and O–H groups in total. The van der Waals surface area contributed by atoms with Gasteiger partial charge >= 0.3 is 18.9 Å². The summed E-state index contributed by atoms with van der Waals surface area (Å²) in [6, 6.07) is 10.1. The van der Waals surface area contributed by atoms with Crippen molar-refractivity contribution in [2.24, 2.45) is 7.05 Å². The molecule has 0 spiro atoms. The Kier molecular flexibility index (Phi) is 4.27. The van der Waals surface area contributed by atoms with Crippen LogP contribution in [0.25, 0.3) is 0 Å². The summed E-state index contributed by atoms with van der Waals surface area (Å²) < 4.78 is 1.71. The van der Waals surface area contributed by atoms with Gasteiger partial charge in [0.15, 0.2) is 0 Å². The maximum atomic E-state index is 3.80. The van der Waals surface area contributed by atoms with E-state index in [2.05, 4.69) is 16.5 Å². The van der Waals surface area contributed by atoms with E-state index in [4.69, 9.17) is 0 Å². The molecule has 3 nitrogen and oxygen atoms in total. The molecule has 0 bridgehead atoms. The number of rotatable bonds is 2. The fourth-order valence-electron chi connectivity index (χ4n) is 0.934. The first-order valence-electron chi connectivity index (χ1n) is 3.86. The van der Waals surface area contributed by atoms with Gasteiger partial charge in [0, 0.05) is 11.9 Å². The zero-order valence-corrected chi connectivity index (χ0v) is 8.95. The Morgan fingerprint density at radius 1 is 1.29 bits per heavy atom. The summed E-state index contributed by atoms with van der Waals surface area (Å²) in [5.41, 5.74) is 0. The van der Waals surface area contributed by atoms with Crippen LogP contribution in [-0.2, 0) is 7.05 Å². The number of benzene rings is 1. The molecule has 1 aromatic carbocycles. The Labute approximate surface area is 99.1 Å². The summed E-state index contributed by atoms with van der Waals surface area (Å²) in [5, 5.41) is 8.41. The Hall–Kier alpha value is -0.693. The molecule has 0 amide bonds. The van der Waals surface area contributed by atoms with Crippen molar-refractivity contribution in [3.63, 3.8) is 0 Å². The molecule has 2 aromatic rings. The summed E-state index contributed by atoms with van der Waals surface area (Å²) in [4.78, 5) is 1.17. The third-order valence-electron chi connectivity index (χ3n) is 1.58. The second-order valence-electron chi connectivity index (χ2n) is 2.55. The van der Waals surface area contributed by atoms with E-state index in [1.165, 1.54) is 4.90 Å². The normalized spacial score (nSPS) is 9.50. The molecule has 0 unspecified atom stereocenters. The molecule has 0 saturated heterocycles. The van der Waals surface area contributed by atoms with Gasteiger partial charge in [-0.25, -0.2) is 0 Å². The predicted molar refractivity (Wildman–Crippen MR) is 50.4 cm³/mol. The zero-order valence-electron chi connectivity index (χ0n) is 8.14. The third-order valence-corrected chi connectivity index (χ3v) is 2.63. The maximum absolute atomic E-state index is 3.80. The van der Waals surface area contributed by atoms with Crippen LogP contribution in [0.4, 0.5) is 0 Å². The van der Waals surface area contributed by atoms with Crippen molar-refractivity contribution < 1.29 is 18.9 Å². The Morgan fingerprint density at radius 2 is 2.00 bits per heavy atom. The Morgan fingerprint density at radius 3 is 2.57 bits per heavy atom. The summed E-state index contributed by atoms with van der Waals surface area (Å²) in [7, 11) is 1.86. The van der Waals surface area contributed by atoms with Crippen LogP contribution in [-0.4, -0.2) is 15.0 Å². The molecule has 5 heteroatoms. The first-order chi connectivity index (χ1) is 6.36. The van der Waals surface area contributed by atoms with Gasteiger partial charge in [-0.05, 0) is 12.1 Å². The van der Waals surface area contributed by atoms with Crippen LogP contribution in [0.3, 0.4) is 0 Å². The van der Waals surface area contributed by atoms with E-state index in [9.17, 15) is 0 Å². The third kappa shape index (κ3) is 2.65. The quantitative estimate of drug-likeness (QED) is 0.446. The fourth-order valence-corrected chi connectivity index (χ4v) is 1.71. The van der Waals surface area contributed by atoms with Gasteiger partial charge in [-0.2, -0.15) is 0 Å². The molecule has 1 aromatic heterocycles. The number of aryl methyl sites for hydroxylation is 1. The van der Waals surface area contributed by atoms with E-state index in [-0.39, 0.29) is 18.9 Å². The molecule has 0 atom stereocenters. The number of hydrogen-bond acceptors (Lipinski definition) is 3. The van der Waals surface area contributed by atoms with Crippen molar-refractivity contribution in [3.05, 3.63) is 36.5 Å². The van der Waals surface area contributed by atoms with Gasteiger partial charge in [0.1, 0.15) is 0 Å². The van der Waals surface area contributed by atoms with Crippen molar-refractivity contribution in [2.75, 3.05) is 0 Å². The van der Waals surface area contributed by atoms with E-state index in [0.717, 1.165) is 5.03 Å². The number of hydrogen-bond donors (Lipinski definition) is 0. The average Bonchev–Trinajstić information content (AvgIpc) is 2.54. The predicted octanol–water partition coefficient (Wildman–Crippen LogP) is -1.23. The minimum Gasteiger partial charge on any atom is -0.351 e. The van der Waals surface area contributed by atoms with E-state index < -0.39 is 0 Å². The Bertz CT molecular complexity index is 388. The van der Waals surface area contributed by atoms with Gasteiger partial charge in [0.05, 0.1) is 0 Å². The average molecular weight is 197 g/mol. The summed E-state index contributed by atoms with van der Waals surface area (Å²) in [6.07, 6.45) is 2.82. The smallest absolute Gasteiger partial charge is 0.351 e. The van der Waals surface area contributed by atoms with Crippen LogP contribution in [0.2, 0.25) is 0 Å². The summed E-state index contributed by atoms with van der Waals surface area (Å²) in [5.74, 6) is 0. The Balaban J connectivity index is 0.000000980. The van der Waals surface area contributed by atoms with E-state index in [0.29, 0.717) is 0 Å². The van der Waals surface area contributed by atoms with Crippen LogP contribution < -0.4 is 18.9 Å². The molecule has 0 aliphatic carbocycles. The molecule has 14 heavy (non-hydrogen) atoms. The van der Waals surface area contributed by atoms with Crippen LogP contribution >= 0.6 is 11.8 Å². The van der Waals surface area contributed by atoms with E-state index in [1.54, 1.807) is 16.4 Å². The van der Waals surface area contributed by atoms with Crippen molar-refractivity contribution in [1.82, 2.24) is 15.0 Å². The van der Waals surface area contributed by atoms with Crippen LogP contribution in [0.1, 0.15) is 0 Å². The largest absolute Gasteiger partial charge is 1.00 e. The number of nitrogens with zero attached hydrogens (tertiary/aromatic N) is 3. The molecule has 0 aliphatic heterocycles. The summed E-state index contributed by atoms with van der Waals surface area (Å²) in [6.45, 7) is 0. The standard InChI is InChI=1S/C9H8N3S.Li/c1-12-9(7-10-11-12)13-8-5-3-2-4-6-8;/h2-6H,1H3;/q-1;+1. The molecule has 0 fully saturated rings. The molecule has 2 rings (SSSR count). The second-order valence-corrected chi connectivity index (χ2v) is 3.61. The molecule has 1 heterocycles. The van der Waals surface area contributed by atoms with Gasteiger partial charge in [0.2, 0.25) is 0 Å². The minimum atomic E-state index is 0.